The topological polar surface area (TPSA) is 160 Å². The van der Waals surface area contributed by atoms with E-state index in [1.54, 1.807) is 32.9 Å². The minimum absolute atomic E-state index is 0.279. The molecule has 4 rings (SSSR count). The molecule has 0 radical (unpaired) electrons. The van der Waals surface area contributed by atoms with Crippen LogP contribution >= 0.6 is 0 Å². The summed E-state index contributed by atoms with van der Waals surface area (Å²) < 4.78 is 12.5. The van der Waals surface area contributed by atoms with Gasteiger partial charge in [0.25, 0.3) is 0 Å². The second-order valence-corrected chi connectivity index (χ2v) is 8.39. The van der Waals surface area contributed by atoms with Crippen molar-refractivity contribution < 1.29 is 14.1 Å². The van der Waals surface area contributed by atoms with Crippen LogP contribution in [0.3, 0.4) is 0 Å². The van der Waals surface area contributed by atoms with Crippen LogP contribution < -0.4 is 16.8 Å². The van der Waals surface area contributed by atoms with E-state index in [2.05, 4.69) is 20.4 Å². The van der Waals surface area contributed by atoms with Crippen LogP contribution in [0.1, 0.15) is 33.6 Å². The second kappa shape index (κ2) is 8.42. The summed E-state index contributed by atoms with van der Waals surface area (Å²) in [5.41, 5.74) is 13.7. The number of rotatable bonds is 6. The Morgan fingerprint density at radius 3 is 2.81 bits per heavy atom. The zero-order valence-electron chi connectivity index (χ0n) is 18.3. The van der Waals surface area contributed by atoms with Crippen molar-refractivity contribution in [3.63, 3.8) is 0 Å². The van der Waals surface area contributed by atoms with Gasteiger partial charge in [0, 0.05) is 12.1 Å². The maximum absolute atomic E-state index is 12.1. The number of hydrogen-bond acceptors (Lipinski definition) is 9. The number of hydrogen-bond donors (Lipinski definition) is 3. The minimum atomic E-state index is -0.622. The fourth-order valence-electron chi connectivity index (χ4n) is 3.37. The van der Waals surface area contributed by atoms with Crippen LogP contribution in [0, 0.1) is 0 Å². The van der Waals surface area contributed by atoms with E-state index in [0.29, 0.717) is 46.6 Å². The molecule has 0 atom stereocenters. The first kappa shape index (κ1) is 21.5. The number of unbranched alkanes of at least 4 members (excludes halogenated alkanes) is 1. The number of ether oxygens (including phenoxy) is 1. The van der Waals surface area contributed by atoms with Gasteiger partial charge in [-0.05, 0) is 52.3 Å². The van der Waals surface area contributed by atoms with Crippen molar-refractivity contribution in [1.82, 2.24) is 24.9 Å². The number of carbonyl (C=O) groups is 1. The molecule has 1 amide bonds. The van der Waals surface area contributed by atoms with Crippen molar-refractivity contribution in [2.24, 2.45) is 5.73 Å². The first-order valence-corrected chi connectivity index (χ1v) is 10.3. The minimum Gasteiger partial charge on any atom is -0.444 e. The molecule has 3 heterocycles. The van der Waals surface area contributed by atoms with Crippen LogP contribution in [0.25, 0.3) is 33.3 Å². The lowest BCUT2D eigenvalue weighted by molar-refractivity contribution is 0.0635. The molecule has 11 heteroatoms. The quantitative estimate of drug-likeness (QED) is 0.384. The van der Waals surface area contributed by atoms with Gasteiger partial charge >= 0.3 is 6.09 Å². The highest BCUT2D eigenvalue weighted by Gasteiger charge is 2.21. The molecule has 0 spiro atoms. The average molecular weight is 438 g/mol. The van der Waals surface area contributed by atoms with E-state index >= 15 is 0 Å². The standard InChI is InChI=1S/C21H26N8O3/c1-21(2,3)31-20(30)26-18-13-7-6-12(10-14(13)32-28-18)16-15-17(23)24-11-25-19(15)29(27-16)9-5-4-8-22/h6-7,10-11H,4-5,8-9,22H2,1-3H3,(H2,23,24,25)(H,26,28,30). The number of anilines is 2. The summed E-state index contributed by atoms with van der Waals surface area (Å²) in [5, 5.41) is 12.6. The Labute approximate surface area is 184 Å². The van der Waals surface area contributed by atoms with Crippen LogP contribution in [0.5, 0.6) is 0 Å². The Bertz CT molecular complexity index is 1270. The van der Waals surface area contributed by atoms with Crippen molar-refractivity contribution >= 4 is 39.7 Å². The number of fused-ring (bicyclic) bond motifs is 2. The number of amides is 1. The number of nitrogens with zero attached hydrogens (tertiary/aromatic N) is 5. The van der Waals surface area contributed by atoms with Crippen molar-refractivity contribution in [2.75, 3.05) is 17.6 Å². The largest absolute Gasteiger partial charge is 0.444 e. The number of carbonyl (C=O) groups excluding carboxylic acids is 1. The van der Waals surface area contributed by atoms with Gasteiger partial charge in [-0.2, -0.15) is 5.10 Å². The average Bonchev–Trinajstić information content (AvgIpc) is 3.29. The fourth-order valence-corrected chi connectivity index (χ4v) is 3.37. The molecule has 0 saturated carbocycles. The van der Waals surface area contributed by atoms with Gasteiger partial charge in [-0.1, -0.05) is 11.2 Å². The van der Waals surface area contributed by atoms with E-state index in [1.165, 1.54) is 6.33 Å². The molecule has 4 aromatic rings. The van der Waals surface area contributed by atoms with E-state index in [0.717, 1.165) is 18.4 Å². The van der Waals surface area contributed by atoms with Crippen molar-refractivity contribution in [2.45, 2.75) is 45.8 Å². The number of nitrogens with one attached hydrogen (secondary N) is 1. The fraction of sp³-hybridized carbons (Fsp3) is 0.381. The molecule has 0 aliphatic rings. The monoisotopic (exact) mass is 438 g/mol. The van der Waals surface area contributed by atoms with Gasteiger partial charge in [0.15, 0.2) is 17.0 Å². The SMILES string of the molecule is CC(C)(C)OC(=O)Nc1noc2cc(-c3nn(CCCCN)c4ncnc(N)c34)ccc12. The Morgan fingerprint density at radius 2 is 2.06 bits per heavy atom. The van der Waals surface area contributed by atoms with Gasteiger partial charge in [-0.25, -0.2) is 19.4 Å². The van der Waals surface area contributed by atoms with E-state index in [9.17, 15) is 4.79 Å². The molecule has 0 unspecified atom stereocenters. The maximum Gasteiger partial charge on any atom is 0.413 e. The molecule has 3 aromatic heterocycles. The van der Waals surface area contributed by atoms with Crippen LogP contribution in [0.2, 0.25) is 0 Å². The number of aryl methyl sites for hydroxylation is 1. The second-order valence-electron chi connectivity index (χ2n) is 8.39. The molecule has 168 valence electrons. The zero-order valence-corrected chi connectivity index (χ0v) is 18.3. The van der Waals surface area contributed by atoms with Gasteiger partial charge in [0.05, 0.1) is 10.8 Å². The smallest absolute Gasteiger partial charge is 0.413 e. The molecule has 0 bridgehead atoms. The highest BCUT2D eigenvalue weighted by molar-refractivity contribution is 6.01. The number of nitrogens with two attached hydrogens (primary N) is 2. The highest BCUT2D eigenvalue weighted by atomic mass is 16.6. The third-order valence-corrected chi connectivity index (χ3v) is 4.75. The molecule has 1 aromatic carbocycles. The highest BCUT2D eigenvalue weighted by Crippen LogP contribution is 2.33. The predicted molar refractivity (Wildman–Crippen MR) is 121 cm³/mol. The third kappa shape index (κ3) is 4.33. The first-order valence-electron chi connectivity index (χ1n) is 10.3. The van der Waals surface area contributed by atoms with Gasteiger partial charge in [-0.3, -0.25) is 5.32 Å². The lowest BCUT2D eigenvalue weighted by Crippen LogP contribution is -2.27. The van der Waals surface area contributed by atoms with E-state index in [4.69, 9.17) is 25.8 Å². The number of nitrogen functional groups attached to an aromatic ring is 1. The summed E-state index contributed by atoms with van der Waals surface area (Å²) in [7, 11) is 0. The Morgan fingerprint density at radius 1 is 1.25 bits per heavy atom. The summed E-state index contributed by atoms with van der Waals surface area (Å²) in [6.45, 7) is 6.64. The maximum atomic E-state index is 12.1. The third-order valence-electron chi connectivity index (χ3n) is 4.75. The van der Waals surface area contributed by atoms with Crippen LogP contribution in [-0.4, -0.2) is 43.1 Å². The molecule has 0 aliphatic heterocycles. The Balaban J connectivity index is 1.69. The molecule has 5 N–H and O–H groups in total. The van der Waals surface area contributed by atoms with Gasteiger partial charge in [0.2, 0.25) is 0 Å². The summed E-state index contributed by atoms with van der Waals surface area (Å²) >= 11 is 0. The number of aromatic nitrogens is 5. The van der Waals surface area contributed by atoms with Gasteiger partial charge < -0.3 is 20.7 Å². The summed E-state index contributed by atoms with van der Waals surface area (Å²) in [6.07, 6.45) is 2.58. The molecule has 0 saturated heterocycles. The zero-order chi connectivity index (χ0) is 22.9. The summed E-state index contributed by atoms with van der Waals surface area (Å²) in [5.74, 6) is 0.626. The van der Waals surface area contributed by atoms with Crippen LogP contribution in [0.4, 0.5) is 16.4 Å². The summed E-state index contributed by atoms with van der Waals surface area (Å²) in [4.78, 5) is 20.6. The molecule has 11 nitrogen and oxygen atoms in total. The lowest BCUT2D eigenvalue weighted by Gasteiger charge is -2.19. The molecule has 0 aliphatic carbocycles. The summed E-state index contributed by atoms with van der Waals surface area (Å²) in [6, 6.07) is 5.45. The number of benzene rings is 1. The Kier molecular flexibility index (Phi) is 5.66. The van der Waals surface area contributed by atoms with E-state index < -0.39 is 11.7 Å². The van der Waals surface area contributed by atoms with E-state index in [1.807, 2.05) is 10.7 Å². The van der Waals surface area contributed by atoms with Gasteiger partial charge in [0.1, 0.15) is 23.4 Å². The predicted octanol–water partition coefficient (Wildman–Crippen LogP) is 3.30. The van der Waals surface area contributed by atoms with Crippen LogP contribution in [0.15, 0.2) is 29.0 Å². The normalized spacial score (nSPS) is 11.9. The van der Waals surface area contributed by atoms with Crippen molar-refractivity contribution in [3.05, 3.63) is 24.5 Å². The molecule has 0 fully saturated rings. The molecular weight excluding hydrogens is 412 g/mol. The first-order chi connectivity index (χ1) is 15.3. The van der Waals surface area contributed by atoms with Gasteiger partial charge in [-0.15, -0.1) is 0 Å². The van der Waals surface area contributed by atoms with Crippen LogP contribution in [-0.2, 0) is 11.3 Å². The van der Waals surface area contributed by atoms with Crippen molar-refractivity contribution in [3.8, 4) is 11.3 Å². The molecule has 32 heavy (non-hydrogen) atoms. The van der Waals surface area contributed by atoms with Crippen molar-refractivity contribution in [1.29, 1.82) is 0 Å². The van der Waals surface area contributed by atoms with E-state index in [-0.39, 0.29) is 5.82 Å². The molecular formula is C21H26N8O3. The Hall–Kier alpha value is -3.73. The lowest BCUT2D eigenvalue weighted by atomic mass is 10.1.